The lowest BCUT2D eigenvalue weighted by molar-refractivity contribution is -0.192. The Morgan fingerprint density at radius 3 is 2.14 bits per heavy atom. The van der Waals surface area contributed by atoms with Crippen molar-refractivity contribution in [2.24, 2.45) is 5.73 Å². The third-order valence-electron chi connectivity index (χ3n) is 4.51. The van der Waals surface area contributed by atoms with Crippen molar-refractivity contribution in [2.45, 2.75) is 56.3 Å². The molecule has 0 bridgehead atoms. The van der Waals surface area contributed by atoms with Crippen LogP contribution in [0.1, 0.15) is 37.7 Å². The molecule has 1 amide bonds. The molecule has 4 N–H and O–H groups in total. The molecule has 0 unspecified atom stereocenters. The topological polar surface area (TPSA) is 119 Å². The molecule has 0 radical (unpaired) electrons. The zero-order chi connectivity index (χ0) is 22.1. The van der Waals surface area contributed by atoms with Gasteiger partial charge in [0.2, 0.25) is 5.91 Å². The summed E-state index contributed by atoms with van der Waals surface area (Å²) in [7, 11) is 1.32. The molecule has 1 aromatic rings. The number of carboxylic acids is 1. The Morgan fingerprint density at radius 1 is 1.17 bits per heavy atom. The normalized spacial score (nSPS) is 16.6. The average Bonchev–Trinajstić information content (AvgIpc) is 2.68. The van der Waals surface area contributed by atoms with Crippen LogP contribution in [0.25, 0.3) is 0 Å². The van der Waals surface area contributed by atoms with Gasteiger partial charge in [0.1, 0.15) is 6.04 Å². The maximum absolute atomic E-state index is 12.5. The van der Waals surface area contributed by atoms with Crippen LogP contribution in [0.4, 0.5) is 13.2 Å². The number of methoxy groups -OCH3 is 1. The summed E-state index contributed by atoms with van der Waals surface area (Å²) in [5, 5.41) is 9.91. The van der Waals surface area contributed by atoms with Crippen LogP contribution in [0.2, 0.25) is 0 Å². The summed E-state index contributed by atoms with van der Waals surface area (Å²) in [5.74, 6) is -3.46. The van der Waals surface area contributed by atoms with Crippen LogP contribution in [0.5, 0.6) is 0 Å². The summed E-state index contributed by atoms with van der Waals surface area (Å²) < 4.78 is 36.5. The first-order chi connectivity index (χ1) is 13.5. The summed E-state index contributed by atoms with van der Waals surface area (Å²) in [6, 6.07) is 8.84. The second-order valence-corrected chi connectivity index (χ2v) is 6.76. The lowest BCUT2D eigenvalue weighted by atomic mass is 9.81. The van der Waals surface area contributed by atoms with E-state index in [-0.39, 0.29) is 5.91 Å². The van der Waals surface area contributed by atoms with Crippen molar-refractivity contribution in [1.82, 2.24) is 5.32 Å². The Balaban J connectivity index is 0.000000516. The monoisotopic (exact) mass is 418 g/mol. The molecule has 162 valence electrons. The van der Waals surface area contributed by atoms with Crippen molar-refractivity contribution >= 4 is 17.8 Å². The van der Waals surface area contributed by atoms with E-state index in [0.29, 0.717) is 19.3 Å². The van der Waals surface area contributed by atoms with Gasteiger partial charge >= 0.3 is 18.1 Å². The molecule has 0 aliphatic heterocycles. The fourth-order valence-electron chi connectivity index (χ4n) is 2.90. The molecule has 1 atom stereocenters. The standard InChI is InChI=1S/C17H24N2O3.C2HF3O2/c1-22-15(20)14(12-13-8-4-2-5-9-13)19-16(21)17(18)10-6-3-7-11-17;3-2(4,5)1(6)7/h2,4-5,8-9,14H,3,6-7,10-12,18H2,1H3,(H,19,21);(H,6,7)/t14-;/m1./s1. The van der Waals surface area contributed by atoms with E-state index in [1.165, 1.54) is 7.11 Å². The first-order valence-electron chi connectivity index (χ1n) is 9.01. The molecular formula is C19H25F3N2O5. The highest BCUT2D eigenvalue weighted by Crippen LogP contribution is 2.26. The van der Waals surface area contributed by atoms with Crippen LogP contribution in [0.15, 0.2) is 30.3 Å². The maximum Gasteiger partial charge on any atom is 0.490 e. The van der Waals surface area contributed by atoms with Crippen molar-refractivity contribution in [3.63, 3.8) is 0 Å². The number of hydrogen-bond acceptors (Lipinski definition) is 5. The van der Waals surface area contributed by atoms with Crippen LogP contribution in [0.3, 0.4) is 0 Å². The van der Waals surface area contributed by atoms with Crippen molar-refractivity contribution in [3.8, 4) is 0 Å². The zero-order valence-corrected chi connectivity index (χ0v) is 16.0. The van der Waals surface area contributed by atoms with Crippen molar-refractivity contribution < 1.29 is 37.4 Å². The summed E-state index contributed by atoms with van der Waals surface area (Å²) in [6.07, 6.45) is -0.348. The number of nitrogens with one attached hydrogen (secondary N) is 1. The van der Waals surface area contributed by atoms with Gasteiger partial charge in [-0.25, -0.2) is 9.59 Å². The molecule has 1 aliphatic carbocycles. The van der Waals surface area contributed by atoms with E-state index in [0.717, 1.165) is 24.8 Å². The number of benzene rings is 1. The van der Waals surface area contributed by atoms with Crippen molar-refractivity contribution in [3.05, 3.63) is 35.9 Å². The Kier molecular flexibility index (Phi) is 9.09. The minimum Gasteiger partial charge on any atom is -0.475 e. The molecule has 0 heterocycles. The Morgan fingerprint density at radius 2 is 1.69 bits per heavy atom. The van der Waals surface area contributed by atoms with E-state index < -0.39 is 29.7 Å². The first kappa shape index (κ1) is 24.4. The van der Waals surface area contributed by atoms with Gasteiger partial charge in [-0.1, -0.05) is 49.6 Å². The number of halogens is 3. The number of carbonyl (C=O) groups is 3. The van der Waals surface area contributed by atoms with E-state index in [4.69, 9.17) is 20.4 Å². The lowest BCUT2D eigenvalue weighted by Gasteiger charge is -2.33. The largest absolute Gasteiger partial charge is 0.490 e. The zero-order valence-electron chi connectivity index (χ0n) is 16.0. The number of carbonyl (C=O) groups excluding carboxylic acids is 2. The van der Waals surface area contributed by atoms with Gasteiger partial charge in [0.15, 0.2) is 0 Å². The maximum atomic E-state index is 12.5. The molecule has 0 spiro atoms. The van der Waals surface area contributed by atoms with Crippen LogP contribution in [0, 0.1) is 0 Å². The molecular weight excluding hydrogens is 393 g/mol. The highest BCUT2D eigenvalue weighted by molar-refractivity contribution is 5.90. The predicted octanol–water partition coefficient (Wildman–Crippen LogP) is 2.18. The highest BCUT2D eigenvalue weighted by Gasteiger charge is 2.38. The van der Waals surface area contributed by atoms with Crippen LogP contribution >= 0.6 is 0 Å². The Bertz CT molecular complexity index is 689. The molecule has 0 aromatic heterocycles. The number of rotatable bonds is 5. The smallest absolute Gasteiger partial charge is 0.475 e. The van der Waals surface area contributed by atoms with Gasteiger partial charge in [-0.05, 0) is 18.4 Å². The van der Waals surface area contributed by atoms with Gasteiger partial charge in [0, 0.05) is 6.42 Å². The third-order valence-corrected chi connectivity index (χ3v) is 4.51. The number of alkyl halides is 3. The molecule has 1 aromatic carbocycles. The summed E-state index contributed by atoms with van der Waals surface area (Å²) in [6.45, 7) is 0. The molecule has 10 heteroatoms. The fourth-order valence-corrected chi connectivity index (χ4v) is 2.90. The van der Waals surface area contributed by atoms with E-state index in [9.17, 15) is 22.8 Å². The second-order valence-electron chi connectivity index (χ2n) is 6.76. The van der Waals surface area contributed by atoms with Crippen LogP contribution in [-0.4, -0.2) is 47.8 Å². The molecule has 29 heavy (non-hydrogen) atoms. The minimum atomic E-state index is -5.08. The number of aliphatic carboxylic acids is 1. The van der Waals surface area contributed by atoms with Gasteiger partial charge in [0.05, 0.1) is 12.6 Å². The van der Waals surface area contributed by atoms with Crippen LogP contribution < -0.4 is 11.1 Å². The van der Waals surface area contributed by atoms with Gasteiger partial charge < -0.3 is 20.9 Å². The van der Waals surface area contributed by atoms with Crippen molar-refractivity contribution in [2.75, 3.05) is 7.11 Å². The third kappa shape index (κ3) is 8.10. The summed E-state index contributed by atoms with van der Waals surface area (Å²) >= 11 is 0. The number of esters is 1. The Hall–Kier alpha value is -2.62. The van der Waals surface area contributed by atoms with Crippen LogP contribution in [-0.2, 0) is 25.5 Å². The summed E-state index contributed by atoms with van der Waals surface area (Å²) in [5.41, 5.74) is 6.33. The highest BCUT2D eigenvalue weighted by atomic mass is 19.4. The van der Waals surface area contributed by atoms with Gasteiger partial charge in [-0.15, -0.1) is 0 Å². The predicted molar refractivity (Wildman–Crippen MR) is 97.8 cm³/mol. The van der Waals surface area contributed by atoms with E-state index in [2.05, 4.69) is 5.32 Å². The number of amides is 1. The second kappa shape index (κ2) is 10.8. The van der Waals surface area contributed by atoms with E-state index in [1.807, 2.05) is 30.3 Å². The quantitative estimate of drug-likeness (QED) is 0.631. The molecule has 1 saturated carbocycles. The van der Waals surface area contributed by atoms with Crippen molar-refractivity contribution in [1.29, 1.82) is 0 Å². The molecule has 2 rings (SSSR count). The number of hydrogen-bond donors (Lipinski definition) is 3. The SMILES string of the molecule is COC(=O)[C@@H](Cc1ccccc1)NC(=O)C1(N)CCCCC1.O=C(O)C(F)(F)F. The lowest BCUT2D eigenvalue weighted by Crippen LogP contribution is -2.58. The Labute approximate surface area is 166 Å². The molecule has 1 fully saturated rings. The molecule has 1 aliphatic rings. The van der Waals surface area contributed by atoms with Gasteiger partial charge in [0.25, 0.3) is 0 Å². The average molecular weight is 418 g/mol. The minimum absolute atomic E-state index is 0.251. The number of nitrogens with two attached hydrogens (primary N) is 1. The van der Waals surface area contributed by atoms with Gasteiger partial charge in [-0.2, -0.15) is 13.2 Å². The molecule has 0 saturated heterocycles. The first-order valence-corrected chi connectivity index (χ1v) is 9.01. The fraction of sp³-hybridized carbons (Fsp3) is 0.526. The van der Waals surface area contributed by atoms with E-state index in [1.54, 1.807) is 0 Å². The van der Waals surface area contributed by atoms with Gasteiger partial charge in [-0.3, -0.25) is 4.79 Å². The summed E-state index contributed by atoms with van der Waals surface area (Å²) in [4.78, 5) is 33.4. The molecule has 7 nitrogen and oxygen atoms in total. The van der Waals surface area contributed by atoms with E-state index >= 15 is 0 Å². The number of ether oxygens (including phenoxy) is 1. The number of carboxylic acid groups (broad SMARTS) is 1.